The third-order valence-corrected chi connectivity index (χ3v) is 5.20. The topological polar surface area (TPSA) is 99.7 Å². The van der Waals surface area contributed by atoms with E-state index in [0.717, 1.165) is 35.2 Å². The van der Waals surface area contributed by atoms with Crippen molar-refractivity contribution in [3.63, 3.8) is 0 Å². The second-order valence-corrected chi connectivity index (χ2v) is 7.15. The van der Waals surface area contributed by atoms with Crippen LogP contribution in [-0.2, 0) is 18.9 Å². The van der Waals surface area contributed by atoms with Crippen molar-refractivity contribution >= 4 is 25.3 Å². The number of aromatic nitrogens is 4. The van der Waals surface area contributed by atoms with Gasteiger partial charge < -0.3 is 10.4 Å². The number of benzene rings is 1. The first-order chi connectivity index (χ1) is 13.0. The van der Waals surface area contributed by atoms with E-state index in [1.807, 2.05) is 44.4 Å². The molecule has 2 heterocycles. The highest BCUT2D eigenvalue weighted by Gasteiger charge is 2.35. The SMILES string of the molecule is Cn1ccc(Nc2nccc(-c3cc(C#N)c4c(c3)[C@](C)(CO)CC4)n2)n1.S. The summed E-state index contributed by atoms with van der Waals surface area (Å²) in [5.74, 6) is 1.10. The Labute approximate surface area is 170 Å². The highest BCUT2D eigenvalue weighted by Crippen LogP contribution is 2.42. The van der Waals surface area contributed by atoms with Crippen LogP contribution < -0.4 is 5.32 Å². The average Bonchev–Trinajstić information content (AvgIpc) is 3.25. The molecular weight excluding hydrogens is 372 g/mol. The molecule has 2 N–H and O–H groups in total. The lowest BCUT2D eigenvalue weighted by molar-refractivity contribution is 0.206. The fourth-order valence-corrected chi connectivity index (χ4v) is 3.60. The molecule has 0 unspecified atom stereocenters. The van der Waals surface area contributed by atoms with Crippen LogP contribution in [0.2, 0.25) is 0 Å². The van der Waals surface area contributed by atoms with Crippen molar-refractivity contribution in [2.75, 3.05) is 11.9 Å². The van der Waals surface area contributed by atoms with Gasteiger partial charge in [-0.3, -0.25) is 4.68 Å². The van der Waals surface area contributed by atoms with Gasteiger partial charge in [-0.05, 0) is 42.2 Å². The maximum absolute atomic E-state index is 9.88. The minimum atomic E-state index is -0.320. The molecule has 2 aromatic heterocycles. The molecule has 8 heteroatoms. The first kappa shape index (κ1) is 19.9. The monoisotopic (exact) mass is 394 g/mol. The van der Waals surface area contributed by atoms with Gasteiger partial charge in [-0.2, -0.15) is 23.9 Å². The summed E-state index contributed by atoms with van der Waals surface area (Å²) in [7, 11) is 1.84. The van der Waals surface area contributed by atoms with Crippen LogP contribution in [0.5, 0.6) is 0 Å². The molecular formula is C20H22N6OS. The van der Waals surface area contributed by atoms with Crippen molar-refractivity contribution in [2.24, 2.45) is 7.05 Å². The van der Waals surface area contributed by atoms with E-state index in [4.69, 9.17) is 0 Å². The molecule has 0 fully saturated rings. The highest BCUT2D eigenvalue weighted by molar-refractivity contribution is 7.59. The normalized spacial score (nSPS) is 17.5. The number of nitriles is 1. The average molecular weight is 395 g/mol. The van der Waals surface area contributed by atoms with Gasteiger partial charge in [0.2, 0.25) is 5.95 Å². The first-order valence-electron chi connectivity index (χ1n) is 8.81. The minimum absolute atomic E-state index is 0. The Balaban J connectivity index is 0.00000225. The first-order valence-corrected chi connectivity index (χ1v) is 8.81. The number of anilines is 2. The third kappa shape index (κ3) is 3.46. The van der Waals surface area contributed by atoms with E-state index in [1.165, 1.54) is 0 Å². The van der Waals surface area contributed by atoms with Gasteiger partial charge in [0, 0.05) is 36.5 Å². The molecule has 4 rings (SSSR count). The molecule has 144 valence electrons. The number of nitrogens with one attached hydrogen (secondary N) is 1. The van der Waals surface area contributed by atoms with Crippen LogP contribution >= 0.6 is 13.5 Å². The van der Waals surface area contributed by atoms with E-state index in [9.17, 15) is 10.4 Å². The Morgan fingerprint density at radius 3 is 2.86 bits per heavy atom. The summed E-state index contributed by atoms with van der Waals surface area (Å²) in [6.45, 7) is 2.10. The van der Waals surface area contributed by atoms with Crippen LogP contribution in [0.15, 0.2) is 36.7 Å². The lowest BCUT2D eigenvalue weighted by Gasteiger charge is -2.23. The maximum Gasteiger partial charge on any atom is 0.228 e. The molecule has 3 aromatic rings. The van der Waals surface area contributed by atoms with Gasteiger partial charge in [-0.1, -0.05) is 6.92 Å². The Bertz CT molecular complexity index is 1060. The zero-order valence-electron chi connectivity index (χ0n) is 15.8. The molecule has 0 saturated carbocycles. The smallest absolute Gasteiger partial charge is 0.228 e. The molecule has 0 spiro atoms. The number of aliphatic hydroxyl groups excluding tert-OH is 1. The summed E-state index contributed by atoms with van der Waals surface area (Å²) in [6, 6.07) is 9.88. The van der Waals surface area contributed by atoms with Gasteiger partial charge in [0.15, 0.2) is 5.82 Å². The molecule has 1 aliphatic rings. The fourth-order valence-electron chi connectivity index (χ4n) is 3.60. The van der Waals surface area contributed by atoms with Gasteiger partial charge in [-0.25, -0.2) is 9.97 Å². The minimum Gasteiger partial charge on any atom is -0.395 e. The van der Waals surface area contributed by atoms with Crippen LogP contribution in [-0.4, -0.2) is 31.5 Å². The standard InChI is InChI=1S/C20H20N6O.H2S/c1-20(12-27)6-3-15-14(11-21)9-13(10-16(15)20)17-4-7-22-19(23-17)24-18-5-8-26(2)25-18;/h4-5,7-10,27H,3,6,12H2,1-2H3,(H,22,23,24,25);1H2/t20-;/m0./s1. The molecule has 0 radical (unpaired) electrons. The molecule has 1 aromatic carbocycles. The quantitative estimate of drug-likeness (QED) is 0.706. The van der Waals surface area contributed by atoms with E-state index in [2.05, 4.69) is 26.5 Å². The molecule has 0 bridgehead atoms. The summed E-state index contributed by atoms with van der Waals surface area (Å²) in [5.41, 5.74) is 3.97. The lowest BCUT2D eigenvalue weighted by atomic mass is 9.83. The number of fused-ring (bicyclic) bond motifs is 1. The summed E-state index contributed by atoms with van der Waals surface area (Å²) < 4.78 is 1.70. The fraction of sp³-hybridized carbons (Fsp3) is 0.300. The summed E-state index contributed by atoms with van der Waals surface area (Å²) in [5, 5.41) is 26.8. The number of aliphatic hydroxyl groups is 1. The van der Waals surface area contributed by atoms with Crippen molar-refractivity contribution in [2.45, 2.75) is 25.2 Å². The molecule has 7 nitrogen and oxygen atoms in total. The number of hydrogen-bond donors (Lipinski definition) is 2. The van der Waals surface area contributed by atoms with Crippen LogP contribution in [0, 0.1) is 11.3 Å². The number of nitrogens with zero attached hydrogens (tertiary/aromatic N) is 5. The Kier molecular flexibility index (Phi) is 5.40. The van der Waals surface area contributed by atoms with E-state index in [0.29, 0.717) is 17.3 Å². The number of hydrogen-bond acceptors (Lipinski definition) is 6. The number of aryl methyl sites for hydroxylation is 1. The van der Waals surface area contributed by atoms with E-state index < -0.39 is 0 Å². The van der Waals surface area contributed by atoms with Gasteiger partial charge in [0.05, 0.1) is 23.9 Å². The molecule has 0 saturated heterocycles. The molecule has 28 heavy (non-hydrogen) atoms. The van der Waals surface area contributed by atoms with Crippen LogP contribution in [0.3, 0.4) is 0 Å². The largest absolute Gasteiger partial charge is 0.395 e. The predicted molar refractivity (Wildman–Crippen MR) is 112 cm³/mol. The van der Waals surface area contributed by atoms with Crippen molar-refractivity contribution in [1.29, 1.82) is 5.26 Å². The summed E-state index contributed by atoms with van der Waals surface area (Å²) >= 11 is 0. The van der Waals surface area contributed by atoms with Crippen LogP contribution in [0.1, 0.15) is 30.0 Å². The Hall–Kier alpha value is -2.89. The lowest BCUT2D eigenvalue weighted by Crippen LogP contribution is -2.23. The van der Waals surface area contributed by atoms with Gasteiger partial charge >= 0.3 is 0 Å². The van der Waals surface area contributed by atoms with E-state index >= 15 is 0 Å². The third-order valence-electron chi connectivity index (χ3n) is 5.20. The summed E-state index contributed by atoms with van der Waals surface area (Å²) in [4.78, 5) is 8.83. The molecule has 0 amide bonds. The second-order valence-electron chi connectivity index (χ2n) is 7.15. The maximum atomic E-state index is 9.88. The number of rotatable bonds is 4. The van der Waals surface area contributed by atoms with Crippen molar-refractivity contribution in [3.05, 3.63) is 53.3 Å². The van der Waals surface area contributed by atoms with Crippen LogP contribution in [0.25, 0.3) is 11.3 Å². The van der Waals surface area contributed by atoms with E-state index in [1.54, 1.807) is 10.9 Å². The zero-order valence-corrected chi connectivity index (χ0v) is 16.8. The van der Waals surface area contributed by atoms with Crippen molar-refractivity contribution < 1.29 is 5.11 Å². The Morgan fingerprint density at radius 2 is 2.18 bits per heavy atom. The summed E-state index contributed by atoms with van der Waals surface area (Å²) in [6.07, 6.45) is 5.17. The molecule has 1 aliphatic carbocycles. The van der Waals surface area contributed by atoms with Crippen molar-refractivity contribution in [3.8, 4) is 17.3 Å². The van der Waals surface area contributed by atoms with Gasteiger partial charge in [-0.15, -0.1) is 0 Å². The van der Waals surface area contributed by atoms with Crippen LogP contribution in [0.4, 0.5) is 11.8 Å². The second kappa shape index (κ2) is 7.62. The molecule has 0 aliphatic heterocycles. The highest BCUT2D eigenvalue weighted by atomic mass is 32.1. The Morgan fingerprint density at radius 1 is 1.36 bits per heavy atom. The van der Waals surface area contributed by atoms with Gasteiger partial charge in [0.25, 0.3) is 0 Å². The predicted octanol–water partition coefficient (Wildman–Crippen LogP) is 2.80. The van der Waals surface area contributed by atoms with Gasteiger partial charge in [0.1, 0.15) is 0 Å². The molecule has 1 atom stereocenters. The zero-order chi connectivity index (χ0) is 19.0. The van der Waals surface area contributed by atoms with Crippen molar-refractivity contribution in [1.82, 2.24) is 19.7 Å². The van der Waals surface area contributed by atoms with E-state index in [-0.39, 0.29) is 25.5 Å².